The monoisotopic (exact) mass is 261 g/mol. The van der Waals surface area contributed by atoms with E-state index in [2.05, 4.69) is 25.1 Å². The highest BCUT2D eigenvalue weighted by Crippen LogP contribution is 2.30. The number of hydrogen-bond donors (Lipinski definition) is 1. The molecule has 2 heterocycles. The van der Waals surface area contributed by atoms with Crippen molar-refractivity contribution in [2.24, 2.45) is 5.73 Å². The predicted octanol–water partition coefficient (Wildman–Crippen LogP) is 2.45. The Morgan fingerprint density at radius 2 is 2.26 bits per heavy atom. The van der Waals surface area contributed by atoms with Crippen molar-refractivity contribution in [2.75, 3.05) is 13.2 Å². The lowest BCUT2D eigenvalue weighted by atomic mass is 9.89. The predicted molar refractivity (Wildman–Crippen MR) is 75.5 cm³/mol. The lowest BCUT2D eigenvalue weighted by Gasteiger charge is -2.30. The van der Waals surface area contributed by atoms with E-state index in [1.807, 2.05) is 0 Å². The second kappa shape index (κ2) is 5.14. The first-order valence-electron chi connectivity index (χ1n) is 7.31. The van der Waals surface area contributed by atoms with Crippen molar-refractivity contribution in [2.45, 2.75) is 50.7 Å². The molecular formula is C16H23NO2. The Labute approximate surface area is 115 Å². The number of fused-ring (bicyclic) bond motifs is 1. The van der Waals surface area contributed by atoms with Crippen LogP contribution in [0.2, 0.25) is 0 Å². The number of ether oxygens (including phenoxy) is 2. The molecule has 19 heavy (non-hydrogen) atoms. The van der Waals surface area contributed by atoms with Gasteiger partial charge < -0.3 is 15.2 Å². The molecule has 0 aromatic heterocycles. The van der Waals surface area contributed by atoms with Crippen molar-refractivity contribution in [3.05, 3.63) is 29.3 Å². The highest BCUT2D eigenvalue weighted by atomic mass is 16.5. The first-order chi connectivity index (χ1) is 9.17. The summed E-state index contributed by atoms with van der Waals surface area (Å²) < 4.78 is 11.4. The van der Waals surface area contributed by atoms with E-state index >= 15 is 0 Å². The molecule has 0 spiro atoms. The molecule has 1 aromatic carbocycles. The van der Waals surface area contributed by atoms with Crippen LogP contribution in [-0.2, 0) is 17.6 Å². The van der Waals surface area contributed by atoms with Gasteiger partial charge in [-0.25, -0.2) is 0 Å². The molecule has 0 amide bonds. The minimum atomic E-state index is -0.111. The molecule has 1 saturated heterocycles. The van der Waals surface area contributed by atoms with E-state index < -0.39 is 0 Å². The van der Waals surface area contributed by atoms with Gasteiger partial charge in [0.25, 0.3) is 0 Å². The molecule has 1 fully saturated rings. The molecule has 3 rings (SSSR count). The second-order valence-corrected chi connectivity index (χ2v) is 5.95. The normalized spacial score (nSPS) is 27.1. The quantitative estimate of drug-likeness (QED) is 0.905. The SMILES string of the molecule is CC1(C(N)CCc2ccc3c(c2)CCO3)CCCO1. The fourth-order valence-electron chi connectivity index (χ4n) is 3.12. The summed E-state index contributed by atoms with van der Waals surface area (Å²) in [5.41, 5.74) is 8.92. The van der Waals surface area contributed by atoms with Gasteiger partial charge in [0, 0.05) is 19.1 Å². The van der Waals surface area contributed by atoms with Crippen LogP contribution in [0.25, 0.3) is 0 Å². The Bertz CT molecular complexity index is 452. The Kier molecular flexibility index (Phi) is 3.50. The molecule has 2 unspecified atom stereocenters. The van der Waals surface area contributed by atoms with Crippen LogP contribution >= 0.6 is 0 Å². The molecule has 0 aliphatic carbocycles. The average molecular weight is 261 g/mol. The summed E-state index contributed by atoms with van der Waals surface area (Å²) in [4.78, 5) is 0. The second-order valence-electron chi connectivity index (χ2n) is 5.95. The molecule has 3 nitrogen and oxygen atoms in total. The van der Waals surface area contributed by atoms with Gasteiger partial charge in [0.05, 0.1) is 12.2 Å². The molecule has 1 aromatic rings. The number of nitrogens with two attached hydrogens (primary N) is 1. The molecule has 0 radical (unpaired) electrons. The van der Waals surface area contributed by atoms with Crippen LogP contribution in [0.1, 0.15) is 37.3 Å². The zero-order valence-corrected chi connectivity index (χ0v) is 11.7. The Hall–Kier alpha value is -1.06. The van der Waals surface area contributed by atoms with Crippen LogP contribution in [0, 0.1) is 0 Å². The van der Waals surface area contributed by atoms with Gasteiger partial charge in [-0.2, -0.15) is 0 Å². The van der Waals surface area contributed by atoms with Gasteiger partial charge in [-0.3, -0.25) is 0 Å². The van der Waals surface area contributed by atoms with Crippen molar-refractivity contribution >= 4 is 0 Å². The average Bonchev–Trinajstić information content (AvgIpc) is 3.04. The van der Waals surface area contributed by atoms with Gasteiger partial charge in [-0.05, 0) is 49.8 Å². The summed E-state index contributed by atoms with van der Waals surface area (Å²) in [5, 5.41) is 0. The lowest BCUT2D eigenvalue weighted by Crippen LogP contribution is -2.45. The molecule has 0 saturated carbocycles. The standard InChI is InChI=1S/C16H23NO2/c1-16(8-2-9-19-16)15(17)6-4-12-3-5-14-13(11-12)7-10-18-14/h3,5,11,15H,2,4,6-10,17H2,1H3. The zero-order chi connectivity index (χ0) is 13.3. The van der Waals surface area contributed by atoms with Crippen LogP contribution in [-0.4, -0.2) is 24.9 Å². The van der Waals surface area contributed by atoms with E-state index in [1.54, 1.807) is 0 Å². The smallest absolute Gasteiger partial charge is 0.122 e. The molecule has 0 bridgehead atoms. The Morgan fingerprint density at radius 1 is 1.37 bits per heavy atom. The maximum atomic E-state index is 6.32. The van der Waals surface area contributed by atoms with E-state index in [-0.39, 0.29) is 11.6 Å². The molecule has 3 heteroatoms. The third-order valence-corrected chi connectivity index (χ3v) is 4.53. The van der Waals surface area contributed by atoms with E-state index in [4.69, 9.17) is 15.2 Å². The van der Waals surface area contributed by atoms with Gasteiger partial charge in [0.1, 0.15) is 5.75 Å². The summed E-state index contributed by atoms with van der Waals surface area (Å²) >= 11 is 0. The van der Waals surface area contributed by atoms with Crippen LogP contribution in [0.3, 0.4) is 0 Å². The van der Waals surface area contributed by atoms with Gasteiger partial charge in [-0.15, -0.1) is 0 Å². The van der Waals surface area contributed by atoms with Gasteiger partial charge in [-0.1, -0.05) is 12.1 Å². The largest absolute Gasteiger partial charge is 0.493 e. The van der Waals surface area contributed by atoms with Crippen LogP contribution in [0.15, 0.2) is 18.2 Å². The number of hydrogen-bond acceptors (Lipinski definition) is 3. The third-order valence-electron chi connectivity index (χ3n) is 4.53. The minimum Gasteiger partial charge on any atom is -0.493 e. The number of aryl methyl sites for hydroxylation is 1. The first-order valence-corrected chi connectivity index (χ1v) is 7.31. The summed E-state index contributed by atoms with van der Waals surface area (Å²) in [6.07, 6.45) is 5.27. The van der Waals surface area contributed by atoms with E-state index in [0.29, 0.717) is 0 Å². The molecule has 2 aliphatic heterocycles. The highest BCUT2D eigenvalue weighted by Gasteiger charge is 2.35. The fourth-order valence-corrected chi connectivity index (χ4v) is 3.12. The van der Waals surface area contributed by atoms with Crippen LogP contribution in [0.5, 0.6) is 5.75 Å². The number of benzene rings is 1. The maximum Gasteiger partial charge on any atom is 0.122 e. The van der Waals surface area contributed by atoms with Gasteiger partial charge in [0.15, 0.2) is 0 Å². The van der Waals surface area contributed by atoms with Crippen molar-refractivity contribution in [1.29, 1.82) is 0 Å². The highest BCUT2D eigenvalue weighted by molar-refractivity contribution is 5.39. The summed E-state index contributed by atoms with van der Waals surface area (Å²) in [6.45, 7) is 3.84. The lowest BCUT2D eigenvalue weighted by molar-refractivity contribution is -0.00296. The van der Waals surface area contributed by atoms with E-state index in [9.17, 15) is 0 Å². The van der Waals surface area contributed by atoms with Crippen LogP contribution < -0.4 is 10.5 Å². The van der Waals surface area contributed by atoms with Gasteiger partial charge >= 0.3 is 0 Å². The van der Waals surface area contributed by atoms with Crippen molar-refractivity contribution in [1.82, 2.24) is 0 Å². The zero-order valence-electron chi connectivity index (χ0n) is 11.7. The molecular weight excluding hydrogens is 238 g/mol. The van der Waals surface area contributed by atoms with Crippen molar-refractivity contribution in [3.63, 3.8) is 0 Å². The number of rotatable bonds is 4. The minimum absolute atomic E-state index is 0.111. The maximum absolute atomic E-state index is 6.32. The van der Waals surface area contributed by atoms with Crippen molar-refractivity contribution < 1.29 is 9.47 Å². The summed E-state index contributed by atoms with van der Waals surface area (Å²) in [6, 6.07) is 6.65. The topological polar surface area (TPSA) is 44.5 Å². The molecule has 2 atom stereocenters. The van der Waals surface area contributed by atoms with E-state index in [1.165, 1.54) is 11.1 Å². The summed E-state index contributed by atoms with van der Waals surface area (Å²) in [5.74, 6) is 1.05. The first kappa shape index (κ1) is 12.9. The molecule has 2 aliphatic rings. The Morgan fingerprint density at radius 3 is 3.05 bits per heavy atom. The fraction of sp³-hybridized carbons (Fsp3) is 0.625. The van der Waals surface area contributed by atoms with Gasteiger partial charge in [0.2, 0.25) is 0 Å². The van der Waals surface area contributed by atoms with E-state index in [0.717, 1.165) is 51.1 Å². The molecule has 104 valence electrons. The van der Waals surface area contributed by atoms with Crippen molar-refractivity contribution in [3.8, 4) is 5.75 Å². The summed E-state index contributed by atoms with van der Waals surface area (Å²) in [7, 11) is 0. The Balaban J connectivity index is 1.60. The third kappa shape index (κ3) is 2.63. The van der Waals surface area contributed by atoms with Crippen LogP contribution in [0.4, 0.5) is 0 Å². The molecule has 2 N–H and O–H groups in total.